The standard InChI is InChI=1S/C45H47N7O5S/c46-39-14-7-8-15-40(39)48-43(55)17-6-2-5-16-42(54)47-28-32-10-9-11-36(26-32)33-22-24-35(25-23-33)44-56-38(27-41(57-44)34-20-18-31(29-53)19-21-34)30-58-45-49-50-51-52(45)37-12-3-1-4-13-37/h1,3-4,7-15,18-26,38,41,44,53H,2,5-6,16-17,27-30,46H2,(H,47,54)(H,48,55). The SMILES string of the molecule is Nc1ccccc1NC(=O)CCCCCC(=O)NCc1cccc(-c2ccc(C3OC(CSc4nnnn4-c4ccccc4)CC(c4ccc(CO)cc4)O3)cc2)c1. The lowest BCUT2D eigenvalue weighted by Crippen LogP contribution is -2.31. The van der Waals surface area contributed by atoms with Crippen molar-refractivity contribution in [3.63, 3.8) is 0 Å². The molecular weight excluding hydrogens is 751 g/mol. The number of aliphatic hydroxyl groups excluding tert-OH is 1. The van der Waals surface area contributed by atoms with E-state index in [0.717, 1.165) is 45.5 Å². The molecule has 58 heavy (non-hydrogen) atoms. The lowest BCUT2D eigenvalue weighted by molar-refractivity contribution is -0.245. The molecule has 0 saturated carbocycles. The van der Waals surface area contributed by atoms with E-state index >= 15 is 0 Å². The molecule has 2 heterocycles. The molecular formula is C45H47N7O5S. The van der Waals surface area contributed by atoms with E-state index in [1.54, 1.807) is 16.8 Å². The van der Waals surface area contributed by atoms with Crippen molar-refractivity contribution in [2.75, 3.05) is 16.8 Å². The van der Waals surface area contributed by atoms with Crippen molar-refractivity contribution in [1.82, 2.24) is 25.5 Å². The zero-order valence-electron chi connectivity index (χ0n) is 32.1. The number of anilines is 2. The highest BCUT2D eigenvalue weighted by molar-refractivity contribution is 7.99. The summed E-state index contributed by atoms with van der Waals surface area (Å²) in [5, 5.41) is 28.5. The van der Waals surface area contributed by atoms with Gasteiger partial charge in [-0.1, -0.05) is 115 Å². The quantitative estimate of drug-likeness (QED) is 0.0404. The number of unbranched alkanes of at least 4 members (excludes halogenated alkanes) is 2. The number of nitrogen functional groups attached to an aromatic ring is 1. The van der Waals surface area contributed by atoms with Crippen LogP contribution in [-0.4, -0.2) is 49.0 Å². The molecule has 3 atom stereocenters. The Kier molecular flexibility index (Phi) is 13.9. The van der Waals surface area contributed by atoms with Gasteiger partial charge in [0.25, 0.3) is 0 Å². The number of benzene rings is 5. The number of hydrogen-bond donors (Lipinski definition) is 4. The van der Waals surface area contributed by atoms with Crippen LogP contribution in [-0.2, 0) is 32.2 Å². The van der Waals surface area contributed by atoms with Gasteiger partial charge in [0.1, 0.15) is 0 Å². The monoisotopic (exact) mass is 797 g/mol. The van der Waals surface area contributed by atoms with E-state index in [0.29, 0.717) is 60.9 Å². The molecule has 1 aromatic heterocycles. The zero-order valence-corrected chi connectivity index (χ0v) is 32.9. The summed E-state index contributed by atoms with van der Waals surface area (Å²) >= 11 is 1.54. The first-order valence-electron chi connectivity index (χ1n) is 19.5. The van der Waals surface area contributed by atoms with Gasteiger partial charge in [0.15, 0.2) is 6.29 Å². The van der Waals surface area contributed by atoms with Crippen molar-refractivity contribution in [3.8, 4) is 16.8 Å². The summed E-state index contributed by atoms with van der Waals surface area (Å²) in [5.41, 5.74) is 13.8. The van der Waals surface area contributed by atoms with Gasteiger partial charge >= 0.3 is 0 Å². The average molecular weight is 798 g/mol. The van der Waals surface area contributed by atoms with Gasteiger partial charge in [-0.2, -0.15) is 4.68 Å². The Balaban J connectivity index is 0.926. The lowest BCUT2D eigenvalue weighted by atomic mass is 9.99. The molecule has 3 unspecified atom stereocenters. The van der Waals surface area contributed by atoms with Crippen molar-refractivity contribution in [1.29, 1.82) is 0 Å². The molecule has 6 aromatic rings. The van der Waals surface area contributed by atoms with Gasteiger partial charge in [-0.15, -0.1) is 5.10 Å². The molecule has 13 heteroatoms. The minimum Gasteiger partial charge on any atom is -0.397 e. The van der Waals surface area contributed by atoms with Gasteiger partial charge in [0.2, 0.25) is 17.0 Å². The first-order valence-corrected chi connectivity index (χ1v) is 20.5. The van der Waals surface area contributed by atoms with Crippen LogP contribution < -0.4 is 16.4 Å². The number of hydrogen-bond acceptors (Lipinski definition) is 10. The Hall–Kier alpha value is -5.86. The zero-order chi connectivity index (χ0) is 40.1. The van der Waals surface area contributed by atoms with E-state index in [4.69, 9.17) is 15.2 Å². The third-order valence-electron chi connectivity index (χ3n) is 9.93. The number of aliphatic hydroxyl groups is 1. The summed E-state index contributed by atoms with van der Waals surface area (Å²) in [6.07, 6.45) is 2.62. The molecule has 2 amide bonds. The Morgan fingerprint density at radius 2 is 1.52 bits per heavy atom. The Morgan fingerprint density at radius 3 is 2.29 bits per heavy atom. The highest BCUT2D eigenvalue weighted by Crippen LogP contribution is 2.40. The molecule has 1 aliphatic heterocycles. The summed E-state index contributed by atoms with van der Waals surface area (Å²) in [4.78, 5) is 24.9. The number of thioether (sulfide) groups is 1. The lowest BCUT2D eigenvalue weighted by Gasteiger charge is -2.36. The van der Waals surface area contributed by atoms with Crippen molar-refractivity contribution >= 4 is 35.0 Å². The van der Waals surface area contributed by atoms with E-state index in [-0.39, 0.29) is 30.6 Å². The molecule has 1 saturated heterocycles. The number of carbonyl (C=O) groups excluding carboxylic acids is 2. The number of aromatic nitrogens is 4. The highest BCUT2D eigenvalue weighted by atomic mass is 32.2. The fraction of sp³-hybridized carbons (Fsp3) is 0.267. The van der Waals surface area contributed by atoms with Crippen LogP contribution in [0, 0.1) is 0 Å². The van der Waals surface area contributed by atoms with E-state index in [1.807, 2.05) is 91.0 Å². The summed E-state index contributed by atoms with van der Waals surface area (Å²) in [7, 11) is 0. The number of carbonyl (C=O) groups is 2. The molecule has 0 radical (unpaired) electrons. The minimum atomic E-state index is -0.603. The predicted octanol–water partition coefficient (Wildman–Crippen LogP) is 7.95. The number of amides is 2. The molecule has 1 fully saturated rings. The van der Waals surface area contributed by atoms with Crippen molar-refractivity contribution < 1.29 is 24.2 Å². The normalized spacial score (nSPS) is 16.5. The van der Waals surface area contributed by atoms with Crippen LogP contribution in [0.25, 0.3) is 16.8 Å². The summed E-state index contributed by atoms with van der Waals surface area (Å²) in [6.45, 7) is 0.404. The van der Waals surface area contributed by atoms with Crippen LogP contribution in [0.5, 0.6) is 0 Å². The van der Waals surface area contributed by atoms with Gasteiger partial charge in [0, 0.05) is 37.1 Å². The fourth-order valence-corrected chi connectivity index (χ4v) is 7.65. The molecule has 12 nitrogen and oxygen atoms in total. The van der Waals surface area contributed by atoms with Crippen LogP contribution in [0.3, 0.4) is 0 Å². The maximum Gasteiger partial charge on any atom is 0.224 e. The topological polar surface area (TPSA) is 167 Å². The van der Waals surface area contributed by atoms with Gasteiger partial charge in [-0.05, 0) is 81.4 Å². The summed E-state index contributed by atoms with van der Waals surface area (Å²) in [6, 6.07) is 41.2. The van der Waals surface area contributed by atoms with Crippen molar-refractivity contribution in [2.24, 2.45) is 0 Å². The van der Waals surface area contributed by atoms with Gasteiger partial charge in [-0.3, -0.25) is 9.59 Å². The van der Waals surface area contributed by atoms with Crippen LogP contribution in [0.4, 0.5) is 11.4 Å². The van der Waals surface area contributed by atoms with Crippen LogP contribution >= 0.6 is 11.8 Å². The smallest absolute Gasteiger partial charge is 0.224 e. The number of nitrogens with one attached hydrogen (secondary N) is 2. The molecule has 1 aliphatic rings. The number of para-hydroxylation sites is 3. The summed E-state index contributed by atoms with van der Waals surface area (Å²) in [5.74, 6) is 0.518. The van der Waals surface area contributed by atoms with Crippen LogP contribution in [0.1, 0.15) is 73.2 Å². The van der Waals surface area contributed by atoms with Crippen molar-refractivity contribution in [3.05, 3.63) is 150 Å². The number of rotatable bonds is 17. The van der Waals surface area contributed by atoms with Crippen LogP contribution in [0.2, 0.25) is 0 Å². The van der Waals surface area contributed by atoms with Gasteiger partial charge in [0.05, 0.1) is 35.9 Å². The number of nitrogens with zero attached hydrogens (tertiary/aromatic N) is 4. The molecule has 5 aromatic carbocycles. The highest BCUT2D eigenvalue weighted by Gasteiger charge is 2.33. The van der Waals surface area contributed by atoms with Crippen LogP contribution in [0.15, 0.2) is 133 Å². The average Bonchev–Trinajstić information content (AvgIpc) is 3.75. The number of tetrazole rings is 1. The fourth-order valence-electron chi connectivity index (χ4n) is 6.74. The summed E-state index contributed by atoms with van der Waals surface area (Å²) < 4.78 is 14.9. The first-order chi connectivity index (χ1) is 28.4. The second-order valence-electron chi connectivity index (χ2n) is 14.2. The van der Waals surface area contributed by atoms with E-state index in [1.165, 1.54) is 11.8 Å². The Labute approximate surface area is 342 Å². The van der Waals surface area contributed by atoms with E-state index in [2.05, 4.69) is 50.4 Å². The minimum absolute atomic E-state index is 0.0159. The largest absolute Gasteiger partial charge is 0.397 e. The molecule has 0 bridgehead atoms. The molecule has 0 aliphatic carbocycles. The molecule has 5 N–H and O–H groups in total. The number of nitrogens with two attached hydrogens (primary N) is 1. The third-order valence-corrected chi connectivity index (χ3v) is 11.0. The third kappa shape index (κ3) is 11.0. The Morgan fingerprint density at radius 1 is 0.776 bits per heavy atom. The second kappa shape index (κ2) is 20.0. The molecule has 7 rings (SSSR count). The first kappa shape index (κ1) is 40.3. The van der Waals surface area contributed by atoms with E-state index < -0.39 is 6.29 Å². The number of ether oxygens (including phenoxy) is 2. The predicted molar refractivity (Wildman–Crippen MR) is 225 cm³/mol. The maximum absolute atomic E-state index is 12.6. The van der Waals surface area contributed by atoms with E-state index in [9.17, 15) is 14.7 Å². The van der Waals surface area contributed by atoms with Crippen molar-refractivity contribution in [2.45, 2.75) is 75.3 Å². The Bertz CT molecular complexity index is 2250. The maximum atomic E-state index is 12.6. The second-order valence-corrected chi connectivity index (χ2v) is 15.2. The van der Waals surface area contributed by atoms with Gasteiger partial charge < -0.3 is 30.9 Å². The molecule has 0 spiro atoms. The molecule has 298 valence electrons. The van der Waals surface area contributed by atoms with Gasteiger partial charge in [-0.25, -0.2) is 0 Å².